The number of rotatable bonds is 6. The van der Waals surface area contributed by atoms with Gasteiger partial charge in [-0.15, -0.1) is 0 Å². The molecule has 23 heavy (non-hydrogen) atoms. The molecule has 5 nitrogen and oxygen atoms in total. The third kappa shape index (κ3) is 6.36. The van der Waals surface area contributed by atoms with Crippen LogP contribution in [0.3, 0.4) is 0 Å². The van der Waals surface area contributed by atoms with Gasteiger partial charge in [-0.05, 0) is 31.0 Å². The highest BCUT2D eigenvalue weighted by molar-refractivity contribution is 5.91. The SMILES string of the molecule is C[NH+](CC(=O)Nc1cccc(F)c1)CC(=O)NC1CCCCC1. The molecule has 2 rings (SSSR count). The van der Waals surface area contributed by atoms with Crippen molar-refractivity contribution in [1.29, 1.82) is 0 Å². The van der Waals surface area contributed by atoms with Gasteiger partial charge in [0.1, 0.15) is 5.82 Å². The van der Waals surface area contributed by atoms with Crippen LogP contribution in [0.4, 0.5) is 10.1 Å². The Kier molecular flexibility index (Phi) is 6.52. The summed E-state index contributed by atoms with van der Waals surface area (Å²) in [6.07, 6.45) is 5.68. The molecule has 1 aromatic carbocycles. The number of hydrogen-bond donors (Lipinski definition) is 3. The zero-order valence-corrected chi connectivity index (χ0v) is 13.5. The summed E-state index contributed by atoms with van der Waals surface area (Å²) < 4.78 is 13.1. The Balaban J connectivity index is 1.71. The highest BCUT2D eigenvalue weighted by atomic mass is 19.1. The Labute approximate surface area is 136 Å². The second kappa shape index (κ2) is 8.62. The van der Waals surface area contributed by atoms with Gasteiger partial charge in [0.2, 0.25) is 0 Å². The molecule has 1 aliphatic rings. The molecule has 0 radical (unpaired) electrons. The normalized spacial score (nSPS) is 16.6. The number of hydrogen-bond acceptors (Lipinski definition) is 2. The summed E-state index contributed by atoms with van der Waals surface area (Å²) in [6.45, 7) is 0.418. The van der Waals surface area contributed by atoms with E-state index < -0.39 is 5.82 Å². The molecule has 1 unspecified atom stereocenters. The minimum absolute atomic E-state index is 0.0204. The Morgan fingerprint density at radius 3 is 2.57 bits per heavy atom. The van der Waals surface area contributed by atoms with Crippen LogP contribution in [0.25, 0.3) is 0 Å². The molecule has 0 heterocycles. The van der Waals surface area contributed by atoms with Crippen molar-refractivity contribution in [2.45, 2.75) is 38.1 Å². The number of quaternary nitrogens is 1. The first-order chi connectivity index (χ1) is 11.0. The standard InChI is InChI=1S/C17H24FN3O2/c1-21(11-16(22)19-14-7-3-2-4-8-14)12-17(23)20-15-9-5-6-13(18)10-15/h5-6,9-10,14H,2-4,7-8,11-12H2,1H3,(H,19,22)(H,20,23)/p+1. The minimum atomic E-state index is -0.393. The summed E-state index contributed by atoms with van der Waals surface area (Å²) >= 11 is 0. The highest BCUT2D eigenvalue weighted by Gasteiger charge is 2.19. The Bertz CT molecular complexity index is 544. The van der Waals surface area contributed by atoms with Crippen molar-refractivity contribution >= 4 is 17.5 Å². The van der Waals surface area contributed by atoms with Gasteiger partial charge in [-0.25, -0.2) is 4.39 Å². The smallest absolute Gasteiger partial charge is 0.279 e. The molecule has 1 atom stereocenters. The molecule has 1 saturated carbocycles. The van der Waals surface area contributed by atoms with Crippen LogP contribution >= 0.6 is 0 Å². The van der Waals surface area contributed by atoms with Crippen LogP contribution in [-0.2, 0) is 9.59 Å². The van der Waals surface area contributed by atoms with E-state index in [9.17, 15) is 14.0 Å². The fourth-order valence-corrected chi connectivity index (χ4v) is 2.91. The van der Waals surface area contributed by atoms with E-state index >= 15 is 0 Å². The molecule has 0 bridgehead atoms. The van der Waals surface area contributed by atoms with Gasteiger partial charge in [-0.1, -0.05) is 25.3 Å². The van der Waals surface area contributed by atoms with Crippen LogP contribution < -0.4 is 15.5 Å². The Morgan fingerprint density at radius 2 is 1.87 bits per heavy atom. The van der Waals surface area contributed by atoms with Crippen LogP contribution in [0, 0.1) is 5.82 Å². The maximum atomic E-state index is 13.1. The summed E-state index contributed by atoms with van der Waals surface area (Å²) in [4.78, 5) is 24.7. The van der Waals surface area contributed by atoms with Gasteiger partial charge in [-0.3, -0.25) is 9.59 Å². The van der Waals surface area contributed by atoms with E-state index in [0.29, 0.717) is 5.69 Å². The zero-order valence-electron chi connectivity index (χ0n) is 13.5. The van der Waals surface area contributed by atoms with E-state index in [-0.39, 0.29) is 30.9 Å². The van der Waals surface area contributed by atoms with E-state index in [4.69, 9.17) is 0 Å². The van der Waals surface area contributed by atoms with Gasteiger partial charge in [0.25, 0.3) is 11.8 Å². The van der Waals surface area contributed by atoms with E-state index in [1.807, 2.05) is 0 Å². The summed E-state index contributed by atoms with van der Waals surface area (Å²) in [5, 5.41) is 5.68. The molecular weight excluding hydrogens is 297 g/mol. The molecular formula is C17H25FN3O2+. The molecule has 0 aliphatic heterocycles. The van der Waals surface area contributed by atoms with Gasteiger partial charge in [-0.2, -0.15) is 0 Å². The van der Waals surface area contributed by atoms with Crippen LogP contribution in [0.5, 0.6) is 0 Å². The molecule has 1 fully saturated rings. The number of carbonyl (C=O) groups excluding carboxylic acids is 2. The Hall–Kier alpha value is -1.95. The monoisotopic (exact) mass is 322 g/mol. The van der Waals surface area contributed by atoms with Gasteiger partial charge < -0.3 is 15.5 Å². The van der Waals surface area contributed by atoms with E-state index in [2.05, 4.69) is 10.6 Å². The average Bonchev–Trinajstić information content (AvgIpc) is 2.47. The summed E-state index contributed by atoms with van der Waals surface area (Å²) in [6, 6.07) is 6.04. The second-order valence-corrected chi connectivity index (χ2v) is 6.27. The van der Waals surface area contributed by atoms with Crippen molar-refractivity contribution in [2.24, 2.45) is 0 Å². The fourth-order valence-electron chi connectivity index (χ4n) is 2.91. The quantitative estimate of drug-likeness (QED) is 0.723. The summed E-state index contributed by atoms with van der Waals surface area (Å²) in [7, 11) is 1.80. The zero-order chi connectivity index (χ0) is 16.7. The van der Waals surface area contributed by atoms with Gasteiger partial charge in [0, 0.05) is 11.7 Å². The second-order valence-electron chi connectivity index (χ2n) is 6.27. The number of anilines is 1. The van der Waals surface area contributed by atoms with Crippen molar-refractivity contribution in [3.63, 3.8) is 0 Å². The average molecular weight is 322 g/mol. The summed E-state index contributed by atoms with van der Waals surface area (Å²) in [5.74, 6) is -0.651. The van der Waals surface area contributed by atoms with Gasteiger partial charge in [0.15, 0.2) is 13.1 Å². The molecule has 0 saturated heterocycles. The molecule has 6 heteroatoms. The molecule has 3 N–H and O–H groups in total. The van der Waals surface area contributed by atoms with Crippen molar-refractivity contribution in [1.82, 2.24) is 5.32 Å². The number of carbonyl (C=O) groups is 2. The first kappa shape index (κ1) is 17.4. The first-order valence-corrected chi connectivity index (χ1v) is 8.19. The predicted octanol–water partition coefficient (Wildman–Crippen LogP) is 0.728. The van der Waals surface area contributed by atoms with Crippen LogP contribution in [0.15, 0.2) is 24.3 Å². The number of likely N-dealkylation sites (N-methyl/N-ethyl adjacent to an activating group) is 1. The van der Waals surface area contributed by atoms with E-state index in [1.165, 1.54) is 31.4 Å². The minimum Gasteiger partial charge on any atom is -0.348 e. The molecule has 2 amide bonds. The highest BCUT2D eigenvalue weighted by Crippen LogP contribution is 2.17. The molecule has 1 aliphatic carbocycles. The molecule has 0 aromatic heterocycles. The lowest BCUT2D eigenvalue weighted by molar-refractivity contribution is -0.862. The first-order valence-electron chi connectivity index (χ1n) is 8.19. The third-order valence-electron chi connectivity index (χ3n) is 4.00. The lowest BCUT2D eigenvalue weighted by Gasteiger charge is -2.23. The number of halogens is 1. The summed E-state index contributed by atoms with van der Waals surface area (Å²) in [5.41, 5.74) is 0.425. The van der Waals surface area contributed by atoms with Crippen LogP contribution in [-0.4, -0.2) is 38.0 Å². The van der Waals surface area contributed by atoms with Crippen molar-refractivity contribution in [2.75, 3.05) is 25.5 Å². The number of amides is 2. The third-order valence-corrected chi connectivity index (χ3v) is 4.00. The molecule has 126 valence electrons. The van der Waals surface area contributed by atoms with Crippen LogP contribution in [0.2, 0.25) is 0 Å². The largest absolute Gasteiger partial charge is 0.348 e. The van der Waals surface area contributed by atoms with Gasteiger partial charge >= 0.3 is 0 Å². The predicted molar refractivity (Wildman–Crippen MR) is 86.7 cm³/mol. The topological polar surface area (TPSA) is 62.6 Å². The lowest BCUT2D eigenvalue weighted by Crippen LogP contribution is -3.11. The van der Waals surface area contributed by atoms with Gasteiger partial charge in [0.05, 0.1) is 7.05 Å². The lowest BCUT2D eigenvalue weighted by atomic mass is 9.95. The van der Waals surface area contributed by atoms with E-state index in [1.54, 1.807) is 19.2 Å². The maximum Gasteiger partial charge on any atom is 0.279 e. The number of benzene rings is 1. The fraction of sp³-hybridized carbons (Fsp3) is 0.529. The molecule has 1 aromatic rings. The maximum absolute atomic E-state index is 13.1. The number of nitrogens with one attached hydrogen (secondary N) is 3. The van der Waals surface area contributed by atoms with E-state index in [0.717, 1.165) is 17.7 Å². The van der Waals surface area contributed by atoms with Crippen molar-refractivity contribution < 1.29 is 18.9 Å². The molecule has 0 spiro atoms. The van der Waals surface area contributed by atoms with Crippen LogP contribution in [0.1, 0.15) is 32.1 Å². The Morgan fingerprint density at radius 1 is 1.17 bits per heavy atom. The van der Waals surface area contributed by atoms with Crippen molar-refractivity contribution in [3.05, 3.63) is 30.1 Å². The van der Waals surface area contributed by atoms with Crippen molar-refractivity contribution in [3.8, 4) is 0 Å².